The number of nitrogens with zero attached hydrogens (tertiary/aromatic N) is 1. The van der Waals surface area contributed by atoms with Crippen molar-refractivity contribution in [3.63, 3.8) is 0 Å². The van der Waals surface area contributed by atoms with Crippen LogP contribution in [-0.2, 0) is 13.0 Å². The molecule has 0 aliphatic heterocycles. The van der Waals surface area contributed by atoms with Crippen LogP contribution in [0.5, 0.6) is 0 Å². The van der Waals surface area contributed by atoms with Crippen molar-refractivity contribution >= 4 is 22.9 Å². The molecule has 1 heterocycles. The van der Waals surface area contributed by atoms with Gasteiger partial charge in [-0.2, -0.15) is 0 Å². The van der Waals surface area contributed by atoms with Gasteiger partial charge in [-0.05, 0) is 25.3 Å². The highest BCUT2D eigenvalue weighted by molar-refractivity contribution is 7.15. The molecule has 0 aliphatic rings. The number of hydrogen-bond donors (Lipinski definition) is 1. The highest BCUT2D eigenvalue weighted by atomic mass is 35.5. The Balaban J connectivity index is 1.71. The fourth-order valence-electron chi connectivity index (χ4n) is 1.76. The molecule has 0 spiro atoms. The molecule has 2 aromatic rings. The van der Waals surface area contributed by atoms with E-state index < -0.39 is 0 Å². The average Bonchev–Trinajstić information content (AvgIpc) is 2.81. The third-order valence-electron chi connectivity index (χ3n) is 2.84. The van der Waals surface area contributed by atoms with Crippen LogP contribution in [0.1, 0.15) is 23.9 Å². The number of aromatic nitrogens is 1. The van der Waals surface area contributed by atoms with E-state index in [1.807, 2.05) is 0 Å². The van der Waals surface area contributed by atoms with E-state index in [2.05, 4.69) is 47.6 Å². The first-order valence-corrected chi connectivity index (χ1v) is 7.31. The van der Waals surface area contributed by atoms with Crippen molar-refractivity contribution in [3.05, 3.63) is 51.4 Å². The molecule has 96 valence electrons. The Morgan fingerprint density at radius 2 is 2.11 bits per heavy atom. The van der Waals surface area contributed by atoms with Gasteiger partial charge in [0.05, 0.1) is 6.20 Å². The predicted molar refractivity (Wildman–Crippen MR) is 78.2 cm³/mol. The molecule has 1 atom stereocenters. The van der Waals surface area contributed by atoms with Crippen LogP contribution in [0.15, 0.2) is 36.5 Å². The first-order chi connectivity index (χ1) is 8.74. The summed E-state index contributed by atoms with van der Waals surface area (Å²) in [5, 5.41) is 4.52. The maximum Gasteiger partial charge on any atom is 0.113 e. The fourth-order valence-corrected chi connectivity index (χ4v) is 2.67. The van der Waals surface area contributed by atoms with Crippen LogP contribution < -0.4 is 5.32 Å². The van der Waals surface area contributed by atoms with Crippen molar-refractivity contribution in [2.24, 2.45) is 0 Å². The summed E-state index contributed by atoms with van der Waals surface area (Å²) in [6.45, 7) is 3.01. The molecule has 0 amide bonds. The summed E-state index contributed by atoms with van der Waals surface area (Å²) < 4.78 is 0.753. The van der Waals surface area contributed by atoms with Crippen molar-refractivity contribution in [1.29, 1.82) is 0 Å². The summed E-state index contributed by atoms with van der Waals surface area (Å²) >= 11 is 7.38. The van der Waals surface area contributed by atoms with E-state index in [4.69, 9.17) is 11.6 Å². The quantitative estimate of drug-likeness (QED) is 0.868. The predicted octanol–water partition coefficient (Wildman–Crippen LogP) is 3.91. The van der Waals surface area contributed by atoms with Gasteiger partial charge in [0.15, 0.2) is 0 Å². The third-order valence-corrected chi connectivity index (χ3v) is 3.95. The second-order valence-electron chi connectivity index (χ2n) is 4.36. The van der Waals surface area contributed by atoms with Gasteiger partial charge < -0.3 is 5.32 Å². The minimum atomic E-state index is 0.480. The molecule has 2 rings (SSSR count). The van der Waals surface area contributed by atoms with Crippen LogP contribution in [0, 0.1) is 0 Å². The molecule has 18 heavy (non-hydrogen) atoms. The van der Waals surface area contributed by atoms with Crippen molar-refractivity contribution in [1.82, 2.24) is 10.3 Å². The first-order valence-electron chi connectivity index (χ1n) is 6.11. The molecule has 1 aromatic carbocycles. The van der Waals surface area contributed by atoms with Crippen molar-refractivity contribution in [2.45, 2.75) is 32.4 Å². The number of aryl methyl sites for hydroxylation is 1. The number of nitrogens with one attached hydrogen (secondary N) is 1. The highest BCUT2D eigenvalue weighted by Gasteiger charge is 2.04. The number of hydrogen-bond acceptors (Lipinski definition) is 3. The Kier molecular flexibility index (Phi) is 5.17. The highest BCUT2D eigenvalue weighted by Crippen LogP contribution is 2.18. The van der Waals surface area contributed by atoms with Crippen LogP contribution in [0.2, 0.25) is 4.34 Å². The largest absolute Gasteiger partial charge is 0.308 e. The standard InChI is InChI=1S/C14H17ClN2S/c1-11(7-8-12-5-3-2-4-6-12)16-10-14-17-9-13(15)18-14/h2-6,9,11,16H,7-8,10H2,1H3. The first kappa shape index (κ1) is 13.5. The summed E-state index contributed by atoms with van der Waals surface area (Å²) in [5.41, 5.74) is 1.39. The second kappa shape index (κ2) is 6.88. The van der Waals surface area contributed by atoms with Crippen LogP contribution >= 0.6 is 22.9 Å². The SMILES string of the molecule is CC(CCc1ccccc1)NCc1ncc(Cl)s1. The lowest BCUT2D eigenvalue weighted by Gasteiger charge is -2.12. The Morgan fingerprint density at radius 1 is 1.33 bits per heavy atom. The fraction of sp³-hybridized carbons (Fsp3) is 0.357. The molecule has 0 saturated heterocycles. The summed E-state index contributed by atoms with van der Waals surface area (Å²) in [6, 6.07) is 11.1. The molecule has 0 radical (unpaired) electrons. The van der Waals surface area contributed by atoms with Crippen LogP contribution in [0.25, 0.3) is 0 Å². The van der Waals surface area contributed by atoms with E-state index in [1.54, 1.807) is 6.20 Å². The minimum absolute atomic E-state index is 0.480. The third kappa shape index (κ3) is 4.41. The zero-order valence-electron chi connectivity index (χ0n) is 10.4. The molecular formula is C14H17ClN2S. The number of halogens is 1. The van der Waals surface area contributed by atoms with Crippen molar-refractivity contribution in [3.8, 4) is 0 Å². The maximum absolute atomic E-state index is 5.85. The summed E-state index contributed by atoms with van der Waals surface area (Å²) in [5.74, 6) is 0. The maximum atomic E-state index is 5.85. The Labute approximate surface area is 117 Å². The topological polar surface area (TPSA) is 24.9 Å². The molecule has 1 aromatic heterocycles. The molecule has 4 heteroatoms. The van der Waals surface area contributed by atoms with Crippen LogP contribution in [0.3, 0.4) is 0 Å². The van der Waals surface area contributed by atoms with Gasteiger partial charge in [-0.3, -0.25) is 0 Å². The van der Waals surface area contributed by atoms with Gasteiger partial charge in [-0.1, -0.05) is 41.9 Å². The molecule has 1 unspecified atom stereocenters. The smallest absolute Gasteiger partial charge is 0.113 e. The molecule has 0 fully saturated rings. The van der Waals surface area contributed by atoms with Gasteiger partial charge in [0.1, 0.15) is 9.34 Å². The Morgan fingerprint density at radius 3 is 2.78 bits per heavy atom. The lowest BCUT2D eigenvalue weighted by Crippen LogP contribution is -2.25. The summed E-state index contributed by atoms with van der Waals surface area (Å²) in [6.07, 6.45) is 3.94. The number of rotatable bonds is 6. The molecule has 2 nitrogen and oxygen atoms in total. The second-order valence-corrected chi connectivity index (χ2v) is 6.11. The monoisotopic (exact) mass is 280 g/mol. The van der Waals surface area contributed by atoms with E-state index >= 15 is 0 Å². The van der Waals surface area contributed by atoms with E-state index in [9.17, 15) is 0 Å². The van der Waals surface area contributed by atoms with Gasteiger partial charge in [0.25, 0.3) is 0 Å². The Hall–Kier alpha value is -0.900. The van der Waals surface area contributed by atoms with Crippen molar-refractivity contribution < 1.29 is 0 Å². The van der Waals surface area contributed by atoms with Gasteiger partial charge in [-0.15, -0.1) is 11.3 Å². The molecule has 1 N–H and O–H groups in total. The normalized spacial score (nSPS) is 12.6. The molecule has 0 bridgehead atoms. The zero-order chi connectivity index (χ0) is 12.8. The van der Waals surface area contributed by atoms with Gasteiger partial charge in [-0.25, -0.2) is 4.98 Å². The van der Waals surface area contributed by atoms with Crippen molar-refractivity contribution in [2.75, 3.05) is 0 Å². The van der Waals surface area contributed by atoms with Crippen LogP contribution in [-0.4, -0.2) is 11.0 Å². The lowest BCUT2D eigenvalue weighted by molar-refractivity contribution is 0.513. The van der Waals surface area contributed by atoms with Gasteiger partial charge in [0, 0.05) is 12.6 Å². The number of thiazole rings is 1. The molecular weight excluding hydrogens is 264 g/mol. The van der Waals surface area contributed by atoms with E-state index in [-0.39, 0.29) is 0 Å². The lowest BCUT2D eigenvalue weighted by atomic mass is 10.1. The minimum Gasteiger partial charge on any atom is -0.308 e. The van der Waals surface area contributed by atoms with E-state index in [0.717, 1.165) is 28.7 Å². The van der Waals surface area contributed by atoms with E-state index in [1.165, 1.54) is 16.9 Å². The average molecular weight is 281 g/mol. The molecule has 0 saturated carbocycles. The van der Waals surface area contributed by atoms with E-state index in [0.29, 0.717) is 6.04 Å². The van der Waals surface area contributed by atoms with Crippen LogP contribution in [0.4, 0.5) is 0 Å². The van der Waals surface area contributed by atoms with Gasteiger partial charge in [0.2, 0.25) is 0 Å². The summed E-state index contributed by atoms with van der Waals surface area (Å²) in [4.78, 5) is 4.23. The zero-order valence-corrected chi connectivity index (χ0v) is 12.0. The number of benzene rings is 1. The molecule has 0 aliphatic carbocycles. The Bertz CT molecular complexity index is 470. The van der Waals surface area contributed by atoms with Gasteiger partial charge >= 0.3 is 0 Å². The summed E-state index contributed by atoms with van der Waals surface area (Å²) in [7, 11) is 0.